The minimum Gasteiger partial charge on any atom is -0.354 e. The van der Waals surface area contributed by atoms with E-state index in [-0.39, 0.29) is 5.91 Å². The Hall–Kier alpha value is -3.14. The maximum absolute atomic E-state index is 12.2. The van der Waals surface area contributed by atoms with Gasteiger partial charge in [0.15, 0.2) is 0 Å². The van der Waals surface area contributed by atoms with Crippen molar-refractivity contribution in [2.45, 2.75) is 20.4 Å². The molecule has 1 heterocycles. The number of amides is 1. The van der Waals surface area contributed by atoms with E-state index in [9.17, 15) is 4.79 Å². The fourth-order valence-electron chi connectivity index (χ4n) is 2.50. The molecule has 0 saturated carbocycles. The molecule has 0 saturated heterocycles. The third-order valence-corrected chi connectivity index (χ3v) is 3.87. The fraction of sp³-hybridized carbons (Fsp3) is 0.143. The highest BCUT2D eigenvalue weighted by Gasteiger charge is 2.07. The van der Waals surface area contributed by atoms with Crippen LogP contribution in [0.2, 0.25) is 0 Å². The molecule has 2 N–H and O–H groups in total. The van der Waals surface area contributed by atoms with Crippen LogP contribution in [-0.2, 0) is 6.54 Å². The zero-order valence-electron chi connectivity index (χ0n) is 14.4. The van der Waals surface area contributed by atoms with E-state index in [4.69, 9.17) is 0 Å². The minimum atomic E-state index is -0.177. The summed E-state index contributed by atoms with van der Waals surface area (Å²) in [6, 6.07) is 19.8. The van der Waals surface area contributed by atoms with Gasteiger partial charge in [-0.3, -0.25) is 4.79 Å². The summed E-state index contributed by atoms with van der Waals surface area (Å²) in [6.07, 6.45) is 1.67. The van der Waals surface area contributed by atoms with E-state index in [0.29, 0.717) is 12.2 Å². The SMILES string of the molecule is Cc1ccc(Nc2ccc(C(=O)NCc3cccc(C)c3)nc2)cc1. The van der Waals surface area contributed by atoms with Crippen LogP contribution in [-0.4, -0.2) is 10.9 Å². The first-order chi connectivity index (χ1) is 12.1. The molecule has 1 amide bonds. The molecule has 2 aromatic carbocycles. The van der Waals surface area contributed by atoms with Crippen molar-refractivity contribution in [1.29, 1.82) is 0 Å². The summed E-state index contributed by atoms with van der Waals surface area (Å²) >= 11 is 0. The van der Waals surface area contributed by atoms with Crippen LogP contribution < -0.4 is 10.6 Å². The van der Waals surface area contributed by atoms with Gasteiger partial charge >= 0.3 is 0 Å². The van der Waals surface area contributed by atoms with E-state index in [2.05, 4.69) is 28.6 Å². The Morgan fingerprint density at radius 2 is 1.68 bits per heavy atom. The van der Waals surface area contributed by atoms with Gasteiger partial charge in [-0.05, 0) is 43.7 Å². The van der Waals surface area contributed by atoms with Crippen molar-refractivity contribution >= 4 is 17.3 Å². The first kappa shape index (κ1) is 16.7. The van der Waals surface area contributed by atoms with Crippen molar-refractivity contribution in [2.24, 2.45) is 0 Å². The molecule has 4 heteroatoms. The Labute approximate surface area is 147 Å². The molecule has 25 heavy (non-hydrogen) atoms. The summed E-state index contributed by atoms with van der Waals surface area (Å²) in [7, 11) is 0. The number of benzene rings is 2. The Balaban J connectivity index is 1.59. The van der Waals surface area contributed by atoms with Gasteiger partial charge in [-0.15, -0.1) is 0 Å². The van der Waals surface area contributed by atoms with Crippen LogP contribution in [0.15, 0.2) is 66.9 Å². The average molecular weight is 331 g/mol. The second kappa shape index (κ2) is 7.62. The molecule has 0 aliphatic heterocycles. The Morgan fingerprint density at radius 1 is 0.920 bits per heavy atom. The van der Waals surface area contributed by atoms with Gasteiger partial charge in [-0.1, -0.05) is 47.5 Å². The molecular formula is C21H21N3O. The van der Waals surface area contributed by atoms with E-state index in [1.54, 1.807) is 12.3 Å². The molecule has 126 valence electrons. The molecule has 0 radical (unpaired) electrons. The van der Waals surface area contributed by atoms with Crippen LogP contribution in [0.25, 0.3) is 0 Å². The lowest BCUT2D eigenvalue weighted by Gasteiger charge is -2.08. The zero-order chi connectivity index (χ0) is 17.6. The van der Waals surface area contributed by atoms with Crippen molar-refractivity contribution in [2.75, 3.05) is 5.32 Å². The molecule has 3 rings (SSSR count). The van der Waals surface area contributed by atoms with Crippen molar-refractivity contribution in [3.05, 3.63) is 89.2 Å². The number of pyridine rings is 1. The largest absolute Gasteiger partial charge is 0.354 e. The summed E-state index contributed by atoms with van der Waals surface area (Å²) in [4.78, 5) is 16.5. The number of aromatic nitrogens is 1. The fourth-order valence-corrected chi connectivity index (χ4v) is 2.50. The summed E-state index contributed by atoms with van der Waals surface area (Å²) < 4.78 is 0. The second-order valence-corrected chi connectivity index (χ2v) is 6.09. The predicted molar refractivity (Wildman–Crippen MR) is 101 cm³/mol. The molecule has 4 nitrogen and oxygen atoms in total. The van der Waals surface area contributed by atoms with E-state index in [0.717, 1.165) is 16.9 Å². The second-order valence-electron chi connectivity index (χ2n) is 6.09. The van der Waals surface area contributed by atoms with Crippen LogP contribution in [0.4, 0.5) is 11.4 Å². The van der Waals surface area contributed by atoms with Gasteiger partial charge in [0.2, 0.25) is 0 Å². The van der Waals surface area contributed by atoms with Gasteiger partial charge in [-0.2, -0.15) is 0 Å². The van der Waals surface area contributed by atoms with Crippen molar-refractivity contribution in [1.82, 2.24) is 10.3 Å². The average Bonchev–Trinajstić information content (AvgIpc) is 2.62. The lowest BCUT2D eigenvalue weighted by atomic mass is 10.1. The molecule has 0 fully saturated rings. The Bertz CT molecular complexity index is 855. The third-order valence-electron chi connectivity index (χ3n) is 3.87. The number of carbonyl (C=O) groups excluding carboxylic acids is 1. The van der Waals surface area contributed by atoms with Gasteiger partial charge in [0.25, 0.3) is 5.91 Å². The maximum atomic E-state index is 12.2. The number of anilines is 2. The predicted octanol–water partition coefficient (Wildman–Crippen LogP) is 4.37. The topological polar surface area (TPSA) is 54.0 Å². The lowest BCUT2D eigenvalue weighted by molar-refractivity contribution is 0.0946. The molecular weight excluding hydrogens is 310 g/mol. The highest BCUT2D eigenvalue weighted by atomic mass is 16.1. The number of carbonyl (C=O) groups is 1. The number of aryl methyl sites for hydroxylation is 2. The number of nitrogens with one attached hydrogen (secondary N) is 2. The normalized spacial score (nSPS) is 10.3. The number of rotatable bonds is 5. The molecule has 0 aliphatic carbocycles. The van der Waals surface area contributed by atoms with Gasteiger partial charge in [0, 0.05) is 12.2 Å². The van der Waals surface area contributed by atoms with Crippen LogP contribution in [0.1, 0.15) is 27.2 Å². The van der Waals surface area contributed by atoms with E-state index >= 15 is 0 Å². The maximum Gasteiger partial charge on any atom is 0.270 e. The summed E-state index contributed by atoms with van der Waals surface area (Å²) in [5, 5.41) is 6.16. The van der Waals surface area contributed by atoms with Gasteiger partial charge in [0.05, 0.1) is 11.9 Å². The number of hydrogen-bond donors (Lipinski definition) is 2. The lowest BCUT2D eigenvalue weighted by Crippen LogP contribution is -2.23. The molecule has 0 aliphatic rings. The van der Waals surface area contributed by atoms with Crippen molar-refractivity contribution in [3.8, 4) is 0 Å². The molecule has 0 unspecified atom stereocenters. The van der Waals surface area contributed by atoms with Crippen molar-refractivity contribution in [3.63, 3.8) is 0 Å². The van der Waals surface area contributed by atoms with E-state index in [1.807, 2.05) is 55.5 Å². The smallest absolute Gasteiger partial charge is 0.270 e. The monoisotopic (exact) mass is 331 g/mol. The third kappa shape index (κ3) is 4.67. The molecule has 0 spiro atoms. The summed E-state index contributed by atoms with van der Waals surface area (Å²) in [5.41, 5.74) is 5.71. The van der Waals surface area contributed by atoms with Crippen LogP contribution >= 0.6 is 0 Å². The Morgan fingerprint density at radius 3 is 2.36 bits per heavy atom. The number of hydrogen-bond acceptors (Lipinski definition) is 3. The molecule has 0 atom stereocenters. The summed E-state index contributed by atoms with van der Waals surface area (Å²) in [5.74, 6) is -0.177. The van der Waals surface area contributed by atoms with E-state index < -0.39 is 0 Å². The summed E-state index contributed by atoms with van der Waals surface area (Å²) in [6.45, 7) is 4.58. The van der Waals surface area contributed by atoms with Gasteiger partial charge in [0.1, 0.15) is 5.69 Å². The van der Waals surface area contributed by atoms with Gasteiger partial charge < -0.3 is 10.6 Å². The van der Waals surface area contributed by atoms with Crippen molar-refractivity contribution < 1.29 is 4.79 Å². The minimum absolute atomic E-state index is 0.177. The molecule has 0 bridgehead atoms. The van der Waals surface area contributed by atoms with E-state index in [1.165, 1.54) is 11.1 Å². The molecule has 1 aromatic heterocycles. The Kier molecular flexibility index (Phi) is 5.09. The first-order valence-electron chi connectivity index (χ1n) is 8.24. The van der Waals surface area contributed by atoms with Gasteiger partial charge in [-0.25, -0.2) is 4.98 Å². The highest BCUT2D eigenvalue weighted by Crippen LogP contribution is 2.16. The quantitative estimate of drug-likeness (QED) is 0.730. The van der Waals surface area contributed by atoms with Crippen LogP contribution in [0.5, 0.6) is 0 Å². The van der Waals surface area contributed by atoms with Crippen LogP contribution in [0.3, 0.4) is 0 Å². The standard InChI is InChI=1S/C21H21N3O/c1-15-6-8-18(9-7-15)24-19-10-11-20(22-14-19)21(25)23-13-17-5-3-4-16(2)12-17/h3-12,14,24H,13H2,1-2H3,(H,23,25). The molecule has 3 aromatic rings. The highest BCUT2D eigenvalue weighted by molar-refractivity contribution is 5.92. The van der Waals surface area contributed by atoms with Crippen LogP contribution in [0, 0.1) is 13.8 Å². The number of nitrogens with zero attached hydrogens (tertiary/aromatic N) is 1. The zero-order valence-corrected chi connectivity index (χ0v) is 14.4. The first-order valence-corrected chi connectivity index (χ1v) is 8.24.